The van der Waals surface area contributed by atoms with E-state index in [-0.39, 0.29) is 0 Å². The van der Waals surface area contributed by atoms with E-state index >= 15 is 0 Å². The van der Waals surface area contributed by atoms with Gasteiger partial charge in [-0.1, -0.05) is 23.7 Å². The molecule has 1 saturated heterocycles. The topological polar surface area (TPSA) is 47.3 Å². The summed E-state index contributed by atoms with van der Waals surface area (Å²) < 4.78 is 0. The fraction of sp³-hybridized carbons (Fsp3) is 0.308. The van der Waals surface area contributed by atoms with Crippen molar-refractivity contribution < 1.29 is 5.21 Å². The maximum Gasteiger partial charge on any atom is 0.0997 e. The van der Waals surface area contributed by atoms with Crippen LogP contribution in [0.5, 0.6) is 0 Å². The molecule has 0 radical (unpaired) electrons. The summed E-state index contributed by atoms with van der Waals surface area (Å²) in [6.07, 6.45) is 1.46. The van der Waals surface area contributed by atoms with Crippen molar-refractivity contribution in [3.63, 3.8) is 0 Å². The van der Waals surface area contributed by atoms with Gasteiger partial charge in [0.05, 0.1) is 11.6 Å². The van der Waals surface area contributed by atoms with Crippen LogP contribution in [0.2, 0.25) is 5.02 Å². The van der Waals surface area contributed by atoms with Gasteiger partial charge in [-0.15, -0.1) is 0 Å². The number of benzene rings is 1. The molecule has 1 N–H and O–H groups in total. The normalized spacial score (nSPS) is 16.6. The van der Waals surface area contributed by atoms with Crippen LogP contribution in [0.3, 0.4) is 0 Å². The van der Waals surface area contributed by atoms with E-state index in [1.165, 1.54) is 5.06 Å². The van der Waals surface area contributed by atoms with Crippen LogP contribution in [-0.2, 0) is 0 Å². The number of nitrogens with zero attached hydrogens (tertiary/aromatic N) is 2. The van der Waals surface area contributed by atoms with Gasteiger partial charge in [-0.2, -0.15) is 10.3 Å². The van der Waals surface area contributed by atoms with Gasteiger partial charge in [-0.05, 0) is 36.1 Å². The Morgan fingerprint density at radius 3 is 2.65 bits per heavy atom. The second-order valence-corrected chi connectivity index (χ2v) is 4.49. The fourth-order valence-electron chi connectivity index (χ4n) is 2.01. The number of piperidine rings is 1. The highest BCUT2D eigenvalue weighted by Gasteiger charge is 2.16. The monoisotopic (exact) mass is 248 g/mol. The standard InChI is InChI=1S/C13H13ClN2O/c14-12-3-1-2-11(8-12)13(9-15)10-4-6-16(17)7-5-10/h1-3,8,17H,4-7H2. The van der Waals surface area contributed by atoms with Crippen molar-refractivity contribution in [1.82, 2.24) is 5.06 Å². The van der Waals surface area contributed by atoms with Gasteiger partial charge in [-0.3, -0.25) is 0 Å². The number of nitriles is 1. The van der Waals surface area contributed by atoms with E-state index < -0.39 is 0 Å². The zero-order valence-corrected chi connectivity index (χ0v) is 10.1. The molecule has 1 aromatic carbocycles. The van der Waals surface area contributed by atoms with Crippen LogP contribution in [0.25, 0.3) is 5.57 Å². The van der Waals surface area contributed by atoms with Crippen LogP contribution in [0.1, 0.15) is 18.4 Å². The van der Waals surface area contributed by atoms with Crippen molar-refractivity contribution in [2.45, 2.75) is 12.8 Å². The molecule has 0 bridgehead atoms. The van der Waals surface area contributed by atoms with E-state index in [2.05, 4.69) is 6.07 Å². The summed E-state index contributed by atoms with van der Waals surface area (Å²) in [6.45, 7) is 1.17. The molecule has 0 saturated carbocycles. The zero-order valence-electron chi connectivity index (χ0n) is 9.36. The van der Waals surface area contributed by atoms with Crippen LogP contribution < -0.4 is 0 Å². The lowest BCUT2D eigenvalue weighted by Crippen LogP contribution is -2.27. The van der Waals surface area contributed by atoms with Crippen molar-refractivity contribution in [3.8, 4) is 6.07 Å². The highest BCUT2D eigenvalue weighted by atomic mass is 35.5. The Bertz CT molecular complexity index is 480. The summed E-state index contributed by atoms with van der Waals surface area (Å²) in [4.78, 5) is 0. The minimum Gasteiger partial charge on any atom is -0.314 e. The second-order valence-electron chi connectivity index (χ2n) is 4.05. The minimum atomic E-state index is 0.584. The lowest BCUT2D eigenvalue weighted by molar-refractivity contribution is -0.0958. The van der Waals surface area contributed by atoms with Crippen molar-refractivity contribution in [1.29, 1.82) is 5.26 Å². The molecular weight excluding hydrogens is 236 g/mol. The molecule has 0 atom stereocenters. The Balaban J connectivity index is 2.34. The summed E-state index contributed by atoms with van der Waals surface area (Å²) in [5.41, 5.74) is 2.65. The minimum absolute atomic E-state index is 0.584. The van der Waals surface area contributed by atoms with Crippen molar-refractivity contribution in [2.24, 2.45) is 0 Å². The summed E-state index contributed by atoms with van der Waals surface area (Å²) in [6, 6.07) is 9.58. The molecule has 17 heavy (non-hydrogen) atoms. The maximum absolute atomic E-state index is 9.30. The molecule has 3 nitrogen and oxygen atoms in total. The lowest BCUT2D eigenvalue weighted by Gasteiger charge is -2.23. The maximum atomic E-state index is 9.30. The van der Waals surface area contributed by atoms with Crippen LogP contribution in [0, 0.1) is 11.3 Å². The Morgan fingerprint density at radius 2 is 2.06 bits per heavy atom. The van der Waals surface area contributed by atoms with E-state index in [9.17, 15) is 10.5 Å². The Labute approximate surface area is 105 Å². The highest BCUT2D eigenvalue weighted by molar-refractivity contribution is 6.30. The second kappa shape index (κ2) is 5.33. The molecule has 1 aliphatic heterocycles. The predicted molar refractivity (Wildman–Crippen MR) is 66.6 cm³/mol. The van der Waals surface area contributed by atoms with Gasteiger partial charge in [0, 0.05) is 18.1 Å². The van der Waals surface area contributed by atoms with Gasteiger partial charge >= 0.3 is 0 Å². The fourth-order valence-corrected chi connectivity index (χ4v) is 2.20. The summed E-state index contributed by atoms with van der Waals surface area (Å²) in [7, 11) is 0. The Hall–Kier alpha value is -1.34. The molecule has 0 spiro atoms. The lowest BCUT2D eigenvalue weighted by atomic mass is 9.94. The summed E-state index contributed by atoms with van der Waals surface area (Å²) in [5.74, 6) is 0. The molecule has 0 aromatic heterocycles. The largest absolute Gasteiger partial charge is 0.314 e. The van der Waals surface area contributed by atoms with Gasteiger partial charge in [-0.25, -0.2) is 0 Å². The number of hydrogen-bond donors (Lipinski definition) is 1. The quantitative estimate of drug-likeness (QED) is 0.777. The molecule has 1 heterocycles. The van der Waals surface area contributed by atoms with Gasteiger partial charge < -0.3 is 5.21 Å². The highest BCUT2D eigenvalue weighted by Crippen LogP contribution is 2.27. The van der Waals surface area contributed by atoms with Crippen LogP contribution in [-0.4, -0.2) is 23.4 Å². The summed E-state index contributed by atoms with van der Waals surface area (Å²) in [5, 5.41) is 20.5. The third-order valence-electron chi connectivity index (χ3n) is 2.92. The molecule has 1 aromatic rings. The Morgan fingerprint density at radius 1 is 1.35 bits per heavy atom. The molecule has 1 fully saturated rings. The predicted octanol–water partition coefficient (Wildman–Crippen LogP) is 3.10. The van der Waals surface area contributed by atoms with E-state index in [1.807, 2.05) is 12.1 Å². The Kier molecular flexibility index (Phi) is 3.80. The van der Waals surface area contributed by atoms with Crippen molar-refractivity contribution >= 4 is 17.2 Å². The van der Waals surface area contributed by atoms with Crippen LogP contribution in [0.4, 0.5) is 0 Å². The third kappa shape index (κ3) is 2.86. The van der Waals surface area contributed by atoms with Crippen molar-refractivity contribution in [2.75, 3.05) is 13.1 Å². The molecule has 0 unspecified atom stereocenters. The van der Waals surface area contributed by atoms with E-state index in [0.717, 1.165) is 24.0 Å². The number of hydroxylamine groups is 2. The van der Waals surface area contributed by atoms with Crippen molar-refractivity contribution in [3.05, 3.63) is 40.4 Å². The molecular formula is C13H13ClN2O. The average molecular weight is 249 g/mol. The molecule has 2 rings (SSSR count). The zero-order chi connectivity index (χ0) is 12.3. The van der Waals surface area contributed by atoms with Gasteiger partial charge in [0.15, 0.2) is 0 Å². The molecule has 0 amide bonds. The number of allylic oxidation sites excluding steroid dienone is 1. The average Bonchev–Trinajstić information content (AvgIpc) is 2.33. The molecule has 4 heteroatoms. The molecule has 88 valence electrons. The van der Waals surface area contributed by atoms with E-state index in [0.29, 0.717) is 23.7 Å². The SMILES string of the molecule is N#CC(=C1CCN(O)CC1)c1cccc(Cl)c1. The van der Waals surface area contributed by atoms with Gasteiger partial charge in [0.1, 0.15) is 0 Å². The van der Waals surface area contributed by atoms with Gasteiger partial charge in [0.25, 0.3) is 0 Å². The first kappa shape index (κ1) is 12.1. The van der Waals surface area contributed by atoms with Gasteiger partial charge in [0.2, 0.25) is 0 Å². The first-order valence-corrected chi connectivity index (χ1v) is 5.90. The smallest absolute Gasteiger partial charge is 0.0997 e. The number of halogens is 1. The van der Waals surface area contributed by atoms with E-state index in [1.54, 1.807) is 12.1 Å². The third-order valence-corrected chi connectivity index (χ3v) is 3.16. The summed E-state index contributed by atoms with van der Waals surface area (Å²) >= 11 is 5.93. The molecule has 0 aliphatic carbocycles. The molecule has 1 aliphatic rings. The van der Waals surface area contributed by atoms with Crippen LogP contribution >= 0.6 is 11.6 Å². The number of hydrogen-bond acceptors (Lipinski definition) is 3. The van der Waals surface area contributed by atoms with E-state index in [4.69, 9.17) is 11.6 Å². The number of rotatable bonds is 1. The first-order chi connectivity index (χ1) is 8.20. The first-order valence-electron chi connectivity index (χ1n) is 5.52. The van der Waals surface area contributed by atoms with Crippen LogP contribution in [0.15, 0.2) is 29.8 Å².